The Bertz CT molecular complexity index is 1100. The molecule has 1 aliphatic rings. The van der Waals surface area contributed by atoms with Crippen LogP contribution in [-0.4, -0.2) is 32.4 Å². The molecule has 0 atom stereocenters. The number of anilines is 1. The molecule has 6 heteroatoms. The molecule has 2 aromatic heterocycles. The van der Waals surface area contributed by atoms with Crippen LogP contribution in [0.1, 0.15) is 66.1 Å². The highest BCUT2D eigenvalue weighted by atomic mass is 16.5. The van der Waals surface area contributed by atoms with E-state index in [4.69, 9.17) is 15.6 Å². The lowest BCUT2D eigenvalue weighted by Gasteiger charge is -2.46. The summed E-state index contributed by atoms with van der Waals surface area (Å²) in [6, 6.07) is 8.42. The second-order valence-corrected chi connectivity index (χ2v) is 10.9. The number of nitrogens with zero attached hydrogens (tertiary/aromatic N) is 3. The summed E-state index contributed by atoms with van der Waals surface area (Å²) in [7, 11) is 0. The average Bonchev–Trinajstić information content (AvgIpc) is 3.01. The number of hydrogen-bond acceptors (Lipinski definition) is 5. The fraction of sp³-hybridized carbons (Fsp3) is 0.538. The van der Waals surface area contributed by atoms with Crippen molar-refractivity contribution in [2.24, 2.45) is 5.92 Å². The quantitative estimate of drug-likeness (QED) is 0.553. The SMILES string of the molecule is Cc1nn(C(C)C)c2cc(-c3ccc(N)nc3)cc(OCC3CC(C)(C)NC(C)(C)C3)c12. The van der Waals surface area contributed by atoms with Gasteiger partial charge in [0.15, 0.2) is 0 Å². The maximum Gasteiger partial charge on any atom is 0.131 e. The van der Waals surface area contributed by atoms with Crippen molar-refractivity contribution in [2.75, 3.05) is 12.3 Å². The molecule has 0 unspecified atom stereocenters. The zero-order valence-corrected chi connectivity index (χ0v) is 20.5. The molecular formula is C26H37N5O. The maximum atomic E-state index is 6.58. The van der Waals surface area contributed by atoms with Crippen LogP contribution in [-0.2, 0) is 0 Å². The predicted octanol–water partition coefficient (Wildman–Crippen LogP) is 5.51. The van der Waals surface area contributed by atoms with E-state index in [2.05, 4.69) is 75.6 Å². The highest BCUT2D eigenvalue weighted by Crippen LogP contribution is 2.38. The van der Waals surface area contributed by atoms with Gasteiger partial charge in [0.2, 0.25) is 0 Å². The number of nitrogens with one attached hydrogen (secondary N) is 1. The second-order valence-electron chi connectivity index (χ2n) is 10.9. The summed E-state index contributed by atoms with van der Waals surface area (Å²) in [5, 5.41) is 9.69. The van der Waals surface area contributed by atoms with Gasteiger partial charge in [0.1, 0.15) is 11.6 Å². The highest BCUT2D eigenvalue weighted by molar-refractivity contribution is 5.92. The minimum absolute atomic E-state index is 0.0982. The summed E-state index contributed by atoms with van der Waals surface area (Å²) < 4.78 is 8.66. The number of ether oxygens (including phenoxy) is 1. The van der Waals surface area contributed by atoms with Crippen LogP contribution in [0.25, 0.3) is 22.0 Å². The smallest absolute Gasteiger partial charge is 0.131 e. The van der Waals surface area contributed by atoms with Crippen molar-refractivity contribution < 1.29 is 4.74 Å². The first-order chi connectivity index (χ1) is 14.9. The van der Waals surface area contributed by atoms with E-state index in [0.717, 1.165) is 46.3 Å². The Morgan fingerprint density at radius 2 is 1.81 bits per heavy atom. The van der Waals surface area contributed by atoms with Gasteiger partial charge in [0.25, 0.3) is 0 Å². The van der Waals surface area contributed by atoms with E-state index in [9.17, 15) is 0 Å². The first-order valence-corrected chi connectivity index (χ1v) is 11.6. The van der Waals surface area contributed by atoms with Crippen LogP contribution >= 0.6 is 0 Å². The number of nitrogen functional groups attached to an aromatic ring is 1. The predicted molar refractivity (Wildman–Crippen MR) is 132 cm³/mol. The fourth-order valence-electron chi connectivity index (χ4n) is 5.52. The lowest BCUT2D eigenvalue weighted by molar-refractivity contribution is 0.0940. The molecule has 32 heavy (non-hydrogen) atoms. The minimum atomic E-state index is 0.0982. The van der Waals surface area contributed by atoms with Crippen molar-refractivity contribution in [1.82, 2.24) is 20.1 Å². The number of benzene rings is 1. The highest BCUT2D eigenvalue weighted by Gasteiger charge is 2.38. The second kappa shape index (κ2) is 8.07. The van der Waals surface area contributed by atoms with Gasteiger partial charge in [0, 0.05) is 28.9 Å². The normalized spacial score (nSPS) is 18.4. The van der Waals surface area contributed by atoms with E-state index in [1.165, 1.54) is 0 Å². The van der Waals surface area contributed by atoms with Gasteiger partial charge < -0.3 is 15.8 Å². The summed E-state index contributed by atoms with van der Waals surface area (Å²) in [6.07, 6.45) is 4.00. The van der Waals surface area contributed by atoms with Crippen LogP contribution in [0.2, 0.25) is 0 Å². The number of nitrogens with two attached hydrogens (primary N) is 1. The molecule has 0 spiro atoms. The first-order valence-electron chi connectivity index (χ1n) is 11.6. The topological polar surface area (TPSA) is 78.0 Å². The number of aryl methyl sites for hydroxylation is 1. The minimum Gasteiger partial charge on any atom is -0.493 e. The molecular weight excluding hydrogens is 398 g/mol. The van der Waals surface area contributed by atoms with E-state index in [0.29, 0.717) is 18.3 Å². The Labute approximate surface area is 191 Å². The summed E-state index contributed by atoms with van der Waals surface area (Å²) in [6.45, 7) is 16.2. The Morgan fingerprint density at radius 3 is 2.41 bits per heavy atom. The van der Waals surface area contributed by atoms with Crippen LogP contribution < -0.4 is 15.8 Å². The van der Waals surface area contributed by atoms with Gasteiger partial charge in [-0.1, -0.05) is 0 Å². The Morgan fingerprint density at radius 1 is 1.12 bits per heavy atom. The fourth-order valence-corrected chi connectivity index (χ4v) is 5.52. The third-order valence-electron chi connectivity index (χ3n) is 6.31. The number of aromatic nitrogens is 3. The largest absolute Gasteiger partial charge is 0.493 e. The molecule has 1 fully saturated rings. The zero-order valence-electron chi connectivity index (χ0n) is 20.5. The molecule has 0 amide bonds. The summed E-state index contributed by atoms with van der Waals surface area (Å²) >= 11 is 0. The molecule has 6 nitrogen and oxygen atoms in total. The third kappa shape index (κ3) is 4.60. The first kappa shape index (κ1) is 22.6. The lowest BCUT2D eigenvalue weighted by atomic mass is 9.76. The Hall–Kier alpha value is -2.60. The number of fused-ring (bicyclic) bond motifs is 1. The molecule has 1 aliphatic heterocycles. The van der Waals surface area contributed by atoms with Crippen molar-refractivity contribution in [3.05, 3.63) is 36.2 Å². The number of piperidine rings is 1. The van der Waals surface area contributed by atoms with Gasteiger partial charge in [-0.25, -0.2) is 4.98 Å². The Balaban J connectivity index is 1.73. The lowest BCUT2D eigenvalue weighted by Crippen LogP contribution is -2.58. The van der Waals surface area contributed by atoms with E-state index in [-0.39, 0.29) is 17.1 Å². The van der Waals surface area contributed by atoms with E-state index >= 15 is 0 Å². The monoisotopic (exact) mass is 435 g/mol. The van der Waals surface area contributed by atoms with Crippen molar-refractivity contribution in [2.45, 2.75) is 78.4 Å². The zero-order chi connectivity index (χ0) is 23.3. The van der Waals surface area contributed by atoms with Gasteiger partial charge in [0.05, 0.1) is 23.2 Å². The van der Waals surface area contributed by atoms with Gasteiger partial charge in [-0.2, -0.15) is 5.10 Å². The number of hydrogen-bond donors (Lipinski definition) is 2. The standard InChI is InChI=1S/C26H37N5O/c1-16(2)31-21-10-20(19-8-9-23(27)28-14-19)11-22(24(21)17(3)29-31)32-15-18-12-25(4,5)30-26(6,7)13-18/h8-11,14,16,18,30H,12-13,15H2,1-7H3,(H2,27,28). The van der Waals surface area contributed by atoms with Crippen LogP contribution in [0.15, 0.2) is 30.5 Å². The summed E-state index contributed by atoms with van der Waals surface area (Å²) in [5.41, 5.74) is 10.2. The summed E-state index contributed by atoms with van der Waals surface area (Å²) in [4.78, 5) is 4.29. The number of pyridine rings is 1. The molecule has 1 aromatic carbocycles. The molecule has 3 heterocycles. The molecule has 0 aliphatic carbocycles. The molecule has 1 saturated heterocycles. The molecule has 4 rings (SSSR count). The van der Waals surface area contributed by atoms with Gasteiger partial charge in [-0.15, -0.1) is 0 Å². The van der Waals surface area contributed by atoms with Crippen molar-refractivity contribution in [1.29, 1.82) is 0 Å². The van der Waals surface area contributed by atoms with Gasteiger partial charge in [-0.05, 0) is 97.1 Å². The summed E-state index contributed by atoms with van der Waals surface area (Å²) in [5.74, 6) is 1.90. The maximum absolute atomic E-state index is 6.58. The molecule has 3 N–H and O–H groups in total. The molecule has 3 aromatic rings. The van der Waals surface area contributed by atoms with Gasteiger partial charge >= 0.3 is 0 Å². The van der Waals surface area contributed by atoms with Crippen molar-refractivity contribution in [3.8, 4) is 16.9 Å². The average molecular weight is 436 g/mol. The number of rotatable bonds is 5. The van der Waals surface area contributed by atoms with Crippen molar-refractivity contribution >= 4 is 16.7 Å². The van der Waals surface area contributed by atoms with Crippen LogP contribution in [0.5, 0.6) is 5.75 Å². The molecule has 172 valence electrons. The molecule has 0 radical (unpaired) electrons. The van der Waals surface area contributed by atoms with Crippen LogP contribution in [0, 0.1) is 12.8 Å². The van der Waals surface area contributed by atoms with Crippen molar-refractivity contribution in [3.63, 3.8) is 0 Å². The molecule has 0 saturated carbocycles. The van der Waals surface area contributed by atoms with E-state index in [1.807, 2.05) is 18.3 Å². The van der Waals surface area contributed by atoms with E-state index < -0.39 is 0 Å². The van der Waals surface area contributed by atoms with Gasteiger partial charge in [-0.3, -0.25) is 4.68 Å². The third-order valence-corrected chi connectivity index (χ3v) is 6.31. The van der Waals surface area contributed by atoms with E-state index in [1.54, 1.807) is 0 Å². The van der Waals surface area contributed by atoms with Crippen LogP contribution in [0.3, 0.4) is 0 Å². The Kier molecular flexibility index (Phi) is 5.70. The molecule has 0 bridgehead atoms. The van der Waals surface area contributed by atoms with Crippen LogP contribution in [0.4, 0.5) is 5.82 Å².